The van der Waals surface area contributed by atoms with Gasteiger partial charge in [-0.2, -0.15) is 0 Å². The van der Waals surface area contributed by atoms with Gasteiger partial charge in [0.05, 0.1) is 0 Å². The van der Waals surface area contributed by atoms with Crippen molar-refractivity contribution in [2.45, 2.75) is 64.8 Å². The second-order valence-electron chi connectivity index (χ2n) is 4.99. The summed E-state index contributed by atoms with van der Waals surface area (Å²) in [5.74, 6) is 0. The van der Waals surface area contributed by atoms with Gasteiger partial charge in [-0.15, -0.1) is 5.73 Å². The summed E-state index contributed by atoms with van der Waals surface area (Å²) in [6, 6.07) is 0. The average Bonchev–Trinajstić information content (AvgIpc) is 2.12. The molecule has 1 atom stereocenters. The van der Waals surface area contributed by atoms with Crippen LogP contribution in [0.5, 0.6) is 0 Å². The van der Waals surface area contributed by atoms with Gasteiger partial charge in [-0.25, -0.2) is 0 Å². The maximum atomic E-state index is 6.13. The number of hydrogen-bond acceptors (Lipinski definition) is 1. The van der Waals surface area contributed by atoms with E-state index in [0.29, 0.717) is 6.10 Å². The first-order valence-electron chi connectivity index (χ1n) is 6.01. The maximum absolute atomic E-state index is 6.13. The third-order valence-electron chi connectivity index (χ3n) is 2.17. The Balaban J connectivity index is 4.00. The average molecular weight is 226 g/mol. The summed E-state index contributed by atoms with van der Waals surface area (Å²) in [4.78, 5) is 0. The molecule has 0 bridgehead atoms. The molecular formula is C13H26OSi. The Labute approximate surface area is 96.4 Å². The molecule has 0 rings (SSSR count). The van der Waals surface area contributed by atoms with E-state index >= 15 is 0 Å². The molecule has 0 radical (unpaired) electrons. The van der Waals surface area contributed by atoms with Crippen molar-refractivity contribution in [3.63, 3.8) is 0 Å². The summed E-state index contributed by atoms with van der Waals surface area (Å²) in [6.07, 6.45) is 8.39. The predicted octanol–water partition coefficient (Wildman–Crippen LogP) is 4.52. The van der Waals surface area contributed by atoms with Gasteiger partial charge in [0.15, 0.2) is 8.32 Å². The topological polar surface area (TPSA) is 9.23 Å². The summed E-state index contributed by atoms with van der Waals surface area (Å²) in [7, 11) is -1.40. The van der Waals surface area contributed by atoms with E-state index in [4.69, 9.17) is 4.43 Å². The van der Waals surface area contributed by atoms with Crippen molar-refractivity contribution in [1.82, 2.24) is 0 Å². The van der Waals surface area contributed by atoms with Crippen molar-refractivity contribution in [1.29, 1.82) is 0 Å². The van der Waals surface area contributed by atoms with Crippen LogP contribution in [0.1, 0.15) is 39.0 Å². The Kier molecular flexibility index (Phi) is 7.76. The van der Waals surface area contributed by atoms with Gasteiger partial charge in [-0.1, -0.05) is 32.8 Å². The molecule has 2 heteroatoms. The molecule has 0 aromatic rings. The normalized spacial score (nSPS) is 13.3. The van der Waals surface area contributed by atoms with Crippen LogP contribution in [0.25, 0.3) is 0 Å². The summed E-state index contributed by atoms with van der Waals surface area (Å²) in [6.45, 7) is 12.6. The first-order chi connectivity index (χ1) is 6.99. The van der Waals surface area contributed by atoms with E-state index in [2.05, 4.69) is 38.9 Å². The van der Waals surface area contributed by atoms with Crippen LogP contribution in [0.15, 0.2) is 18.4 Å². The second-order valence-corrected chi connectivity index (χ2v) is 9.45. The van der Waals surface area contributed by atoms with Crippen LogP contribution in [-0.2, 0) is 4.43 Å². The first-order valence-corrected chi connectivity index (χ1v) is 9.42. The third kappa shape index (κ3) is 9.99. The standard InChI is InChI=1S/C13H26OSi/c1-6-8-10-12-13(11-9-7-2)14-15(3,4)5/h9,13H,2,6,8,10-12H2,1,3-5H3. The third-order valence-corrected chi connectivity index (χ3v) is 3.22. The zero-order valence-corrected chi connectivity index (χ0v) is 11.8. The second kappa shape index (κ2) is 7.92. The Morgan fingerprint density at radius 3 is 2.47 bits per heavy atom. The van der Waals surface area contributed by atoms with E-state index in [1.165, 1.54) is 25.7 Å². The zero-order chi connectivity index (χ0) is 11.7. The van der Waals surface area contributed by atoms with Gasteiger partial charge >= 0.3 is 0 Å². The number of unbranched alkanes of at least 4 members (excludes halogenated alkanes) is 2. The lowest BCUT2D eigenvalue weighted by Crippen LogP contribution is -2.31. The Bertz CT molecular complexity index is 199. The minimum atomic E-state index is -1.40. The fraction of sp³-hybridized carbons (Fsp3) is 0.769. The molecule has 0 aliphatic heterocycles. The van der Waals surface area contributed by atoms with Crippen LogP contribution in [0.4, 0.5) is 0 Å². The van der Waals surface area contributed by atoms with Crippen molar-refractivity contribution in [2.24, 2.45) is 0 Å². The molecule has 0 aliphatic rings. The van der Waals surface area contributed by atoms with Gasteiger partial charge in [0.2, 0.25) is 0 Å². The van der Waals surface area contributed by atoms with Crippen LogP contribution < -0.4 is 0 Å². The summed E-state index contributed by atoms with van der Waals surface area (Å²) in [5, 5.41) is 0. The summed E-state index contributed by atoms with van der Waals surface area (Å²) in [5.41, 5.74) is 2.83. The van der Waals surface area contributed by atoms with Crippen LogP contribution in [0.2, 0.25) is 19.6 Å². The molecule has 0 saturated heterocycles. The Hall–Kier alpha value is -0.303. The summed E-state index contributed by atoms with van der Waals surface area (Å²) >= 11 is 0. The lowest BCUT2D eigenvalue weighted by Gasteiger charge is -2.25. The van der Waals surface area contributed by atoms with Crippen LogP contribution in [0, 0.1) is 0 Å². The van der Waals surface area contributed by atoms with Gasteiger partial charge in [0.1, 0.15) is 0 Å². The van der Waals surface area contributed by atoms with E-state index in [9.17, 15) is 0 Å². The van der Waals surface area contributed by atoms with E-state index in [-0.39, 0.29) is 0 Å². The highest BCUT2D eigenvalue weighted by Crippen LogP contribution is 2.16. The van der Waals surface area contributed by atoms with Crippen LogP contribution >= 0.6 is 0 Å². The van der Waals surface area contributed by atoms with Crippen LogP contribution in [-0.4, -0.2) is 14.4 Å². The van der Waals surface area contributed by atoms with E-state index in [0.717, 1.165) is 6.42 Å². The zero-order valence-electron chi connectivity index (χ0n) is 10.8. The molecule has 0 amide bonds. The Morgan fingerprint density at radius 1 is 1.33 bits per heavy atom. The highest BCUT2D eigenvalue weighted by Gasteiger charge is 2.19. The smallest absolute Gasteiger partial charge is 0.184 e. The predicted molar refractivity (Wildman–Crippen MR) is 70.7 cm³/mol. The van der Waals surface area contributed by atoms with Crippen molar-refractivity contribution >= 4 is 8.32 Å². The van der Waals surface area contributed by atoms with Crippen molar-refractivity contribution in [2.75, 3.05) is 0 Å². The van der Waals surface area contributed by atoms with Crippen molar-refractivity contribution in [3.8, 4) is 0 Å². The van der Waals surface area contributed by atoms with Crippen molar-refractivity contribution in [3.05, 3.63) is 18.4 Å². The van der Waals surface area contributed by atoms with E-state index < -0.39 is 8.32 Å². The SMILES string of the molecule is C=C=CCC(CCCCC)O[Si](C)(C)C. The lowest BCUT2D eigenvalue weighted by molar-refractivity contribution is 0.183. The molecule has 15 heavy (non-hydrogen) atoms. The molecule has 0 fully saturated rings. The molecule has 0 aromatic carbocycles. The molecule has 0 saturated carbocycles. The summed E-state index contributed by atoms with van der Waals surface area (Å²) < 4.78 is 6.13. The highest BCUT2D eigenvalue weighted by atomic mass is 28.4. The lowest BCUT2D eigenvalue weighted by atomic mass is 10.1. The van der Waals surface area contributed by atoms with Gasteiger partial charge in [0.25, 0.3) is 0 Å². The highest BCUT2D eigenvalue weighted by molar-refractivity contribution is 6.69. The molecule has 0 aliphatic carbocycles. The van der Waals surface area contributed by atoms with E-state index in [1.54, 1.807) is 0 Å². The van der Waals surface area contributed by atoms with Gasteiger partial charge < -0.3 is 4.43 Å². The first kappa shape index (κ1) is 14.7. The molecular weight excluding hydrogens is 200 g/mol. The minimum Gasteiger partial charge on any atom is -0.414 e. The maximum Gasteiger partial charge on any atom is 0.184 e. The van der Waals surface area contributed by atoms with Crippen LogP contribution in [0.3, 0.4) is 0 Å². The quantitative estimate of drug-likeness (QED) is 0.336. The number of rotatable bonds is 8. The molecule has 88 valence electrons. The molecule has 0 N–H and O–H groups in total. The molecule has 0 spiro atoms. The number of hydrogen-bond donors (Lipinski definition) is 0. The molecule has 0 aromatic heterocycles. The van der Waals surface area contributed by atoms with E-state index in [1.807, 2.05) is 6.08 Å². The van der Waals surface area contributed by atoms with Gasteiger partial charge in [-0.3, -0.25) is 0 Å². The Morgan fingerprint density at radius 2 is 2.00 bits per heavy atom. The fourth-order valence-corrected chi connectivity index (χ4v) is 2.78. The fourth-order valence-electron chi connectivity index (χ4n) is 1.56. The van der Waals surface area contributed by atoms with Crippen molar-refractivity contribution < 1.29 is 4.43 Å². The molecule has 1 unspecified atom stereocenters. The van der Waals surface area contributed by atoms with Gasteiger partial charge in [0, 0.05) is 6.10 Å². The monoisotopic (exact) mass is 226 g/mol. The molecule has 1 nitrogen and oxygen atoms in total. The molecule has 0 heterocycles. The minimum absolute atomic E-state index is 0.387. The largest absolute Gasteiger partial charge is 0.414 e. The van der Waals surface area contributed by atoms with Gasteiger partial charge in [-0.05, 0) is 38.6 Å².